The van der Waals surface area contributed by atoms with Crippen LogP contribution in [-0.2, 0) is 14.8 Å². The van der Waals surface area contributed by atoms with E-state index in [1.807, 2.05) is 0 Å². The molecule has 0 bridgehead atoms. The minimum absolute atomic E-state index is 0.00954. The smallest absolute Gasteiger partial charge is 0.411 e. The quantitative estimate of drug-likeness (QED) is 0.513. The van der Waals surface area contributed by atoms with Gasteiger partial charge in [-0.15, -0.1) is 0 Å². The van der Waals surface area contributed by atoms with Gasteiger partial charge in [-0.3, -0.25) is 0 Å². The lowest BCUT2D eigenvalue weighted by molar-refractivity contribution is -0.173. The fraction of sp³-hybridized carbons (Fsp3) is 0.500. The highest BCUT2D eigenvalue weighted by molar-refractivity contribution is 7.89. The molecule has 0 radical (unpaired) electrons. The van der Waals surface area contributed by atoms with E-state index in [1.54, 1.807) is 0 Å². The molecule has 138 valence electrons. The van der Waals surface area contributed by atoms with Crippen LogP contribution in [0.2, 0.25) is 5.02 Å². The van der Waals surface area contributed by atoms with Gasteiger partial charge in [0.1, 0.15) is 12.4 Å². The topological polar surface area (TPSA) is 64.6 Å². The summed E-state index contributed by atoms with van der Waals surface area (Å²) in [6.45, 7) is -4.99. The molecule has 0 aliphatic carbocycles. The first kappa shape index (κ1) is 20.9. The second-order valence-corrected chi connectivity index (χ2v) is 6.56. The summed E-state index contributed by atoms with van der Waals surface area (Å²) in [5, 5.41) is -0.327. The molecule has 0 spiro atoms. The Kier molecular flexibility index (Phi) is 7.64. The molecule has 0 saturated heterocycles. The molecule has 0 fully saturated rings. The van der Waals surface area contributed by atoms with E-state index in [4.69, 9.17) is 11.6 Å². The Hall–Kier alpha value is -1.17. The standard InChI is InChI=1S/C12H13ClF5NO4S/c13-9-6-8(2-3-10(9)23-11(14)15)24(20,21)19-4-1-5-22-7-12(16,17)18/h2-3,6,11,19H,1,4-5,7H2. The predicted octanol–water partition coefficient (Wildman–Crippen LogP) is 3.19. The number of rotatable bonds is 9. The van der Waals surface area contributed by atoms with Crippen molar-refractivity contribution < 1.29 is 39.8 Å². The molecule has 1 aromatic rings. The van der Waals surface area contributed by atoms with E-state index in [0.29, 0.717) is 0 Å². The van der Waals surface area contributed by atoms with E-state index < -0.39 is 29.4 Å². The zero-order valence-electron chi connectivity index (χ0n) is 11.9. The lowest BCUT2D eigenvalue weighted by Gasteiger charge is -2.10. The van der Waals surface area contributed by atoms with E-state index in [-0.39, 0.29) is 35.2 Å². The van der Waals surface area contributed by atoms with Crippen molar-refractivity contribution >= 4 is 21.6 Å². The maximum atomic E-state index is 12.1. The van der Waals surface area contributed by atoms with Gasteiger partial charge in [-0.1, -0.05) is 11.6 Å². The number of hydrogen-bond acceptors (Lipinski definition) is 4. The van der Waals surface area contributed by atoms with Gasteiger partial charge < -0.3 is 9.47 Å². The first-order valence-corrected chi connectivity index (χ1v) is 8.26. The average molecular weight is 398 g/mol. The van der Waals surface area contributed by atoms with Crippen LogP contribution in [0.4, 0.5) is 22.0 Å². The van der Waals surface area contributed by atoms with Crippen LogP contribution in [0.1, 0.15) is 6.42 Å². The van der Waals surface area contributed by atoms with Gasteiger partial charge in [0, 0.05) is 13.2 Å². The molecule has 0 atom stereocenters. The van der Waals surface area contributed by atoms with Crippen molar-refractivity contribution in [3.05, 3.63) is 23.2 Å². The van der Waals surface area contributed by atoms with Gasteiger partial charge in [-0.25, -0.2) is 13.1 Å². The first-order valence-electron chi connectivity index (χ1n) is 6.40. The fourth-order valence-corrected chi connectivity index (χ4v) is 2.88. The lowest BCUT2D eigenvalue weighted by atomic mass is 10.3. The molecule has 0 unspecified atom stereocenters. The molecule has 0 aromatic heterocycles. The van der Waals surface area contributed by atoms with Gasteiger partial charge >= 0.3 is 12.8 Å². The van der Waals surface area contributed by atoms with E-state index in [0.717, 1.165) is 18.2 Å². The SMILES string of the molecule is O=S(=O)(NCCCOCC(F)(F)F)c1ccc(OC(F)F)c(Cl)c1. The molecule has 1 N–H and O–H groups in total. The normalized spacial score (nSPS) is 12.6. The maximum Gasteiger partial charge on any atom is 0.411 e. The van der Waals surface area contributed by atoms with Crippen LogP contribution in [0.25, 0.3) is 0 Å². The van der Waals surface area contributed by atoms with Gasteiger partial charge in [-0.05, 0) is 24.6 Å². The van der Waals surface area contributed by atoms with Crippen molar-refractivity contribution in [2.45, 2.75) is 24.1 Å². The number of halogens is 6. The molecular weight excluding hydrogens is 385 g/mol. The summed E-state index contributed by atoms with van der Waals surface area (Å²) in [4.78, 5) is -0.301. The average Bonchev–Trinajstić information content (AvgIpc) is 2.43. The predicted molar refractivity (Wildman–Crippen MR) is 74.8 cm³/mol. The van der Waals surface area contributed by atoms with Crippen LogP contribution >= 0.6 is 11.6 Å². The maximum absolute atomic E-state index is 12.1. The van der Waals surface area contributed by atoms with E-state index in [2.05, 4.69) is 14.2 Å². The number of alkyl halides is 5. The van der Waals surface area contributed by atoms with E-state index in [1.165, 1.54) is 0 Å². The molecule has 1 rings (SSSR count). The van der Waals surface area contributed by atoms with Gasteiger partial charge in [0.2, 0.25) is 10.0 Å². The number of nitrogens with one attached hydrogen (secondary N) is 1. The summed E-state index contributed by atoms with van der Waals surface area (Å²) in [6, 6.07) is 2.89. The second-order valence-electron chi connectivity index (χ2n) is 4.39. The highest BCUT2D eigenvalue weighted by Crippen LogP contribution is 2.28. The van der Waals surface area contributed by atoms with Crippen molar-refractivity contribution in [3.8, 4) is 5.75 Å². The van der Waals surface area contributed by atoms with Crippen LogP contribution in [0.3, 0.4) is 0 Å². The van der Waals surface area contributed by atoms with Gasteiger partial charge in [0.15, 0.2) is 0 Å². The van der Waals surface area contributed by atoms with Crippen LogP contribution in [-0.4, -0.2) is 41.0 Å². The van der Waals surface area contributed by atoms with Gasteiger partial charge in [-0.2, -0.15) is 22.0 Å². The summed E-state index contributed by atoms with van der Waals surface area (Å²) in [5.41, 5.74) is 0. The molecule has 0 saturated carbocycles. The van der Waals surface area contributed by atoms with E-state index >= 15 is 0 Å². The van der Waals surface area contributed by atoms with Crippen molar-refractivity contribution in [2.75, 3.05) is 19.8 Å². The molecule has 5 nitrogen and oxygen atoms in total. The third-order valence-corrected chi connectivity index (χ3v) is 4.21. The Balaban J connectivity index is 2.52. The number of ether oxygens (including phenoxy) is 2. The zero-order chi connectivity index (χ0) is 18.4. The summed E-state index contributed by atoms with van der Waals surface area (Å²) in [6.07, 6.45) is -4.44. The monoisotopic (exact) mass is 397 g/mol. The minimum Gasteiger partial charge on any atom is -0.433 e. The molecule has 0 heterocycles. The van der Waals surface area contributed by atoms with Crippen LogP contribution in [0.15, 0.2) is 23.1 Å². The molecule has 12 heteroatoms. The largest absolute Gasteiger partial charge is 0.433 e. The van der Waals surface area contributed by atoms with Crippen LogP contribution in [0, 0.1) is 0 Å². The van der Waals surface area contributed by atoms with Crippen molar-refractivity contribution in [2.24, 2.45) is 0 Å². The van der Waals surface area contributed by atoms with Crippen LogP contribution < -0.4 is 9.46 Å². The molecule has 24 heavy (non-hydrogen) atoms. The minimum atomic E-state index is -4.45. The summed E-state index contributed by atoms with van der Waals surface area (Å²) in [7, 11) is -4.00. The highest BCUT2D eigenvalue weighted by Gasteiger charge is 2.27. The highest BCUT2D eigenvalue weighted by atomic mass is 35.5. The Labute approximate surface area is 139 Å². The fourth-order valence-electron chi connectivity index (χ4n) is 1.49. The first-order chi connectivity index (χ1) is 11.0. The van der Waals surface area contributed by atoms with Crippen LogP contribution in [0.5, 0.6) is 5.75 Å². The Bertz CT molecular complexity index is 639. The molecule has 0 aliphatic rings. The number of hydrogen-bond donors (Lipinski definition) is 1. The number of benzene rings is 1. The lowest BCUT2D eigenvalue weighted by Crippen LogP contribution is -2.26. The van der Waals surface area contributed by atoms with Gasteiger partial charge in [0.25, 0.3) is 0 Å². The molecule has 1 aromatic carbocycles. The van der Waals surface area contributed by atoms with E-state index in [9.17, 15) is 30.4 Å². The third kappa shape index (κ3) is 7.60. The molecule has 0 amide bonds. The summed E-state index contributed by atoms with van der Waals surface area (Å²) in [5.74, 6) is -0.383. The molecular formula is C12H13ClF5NO4S. The zero-order valence-corrected chi connectivity index (χ0v) is 13.5. The second kappa shape index (κ2) is 8.79. The Morgan fingerprint density at radius 3 is 2.46 bits per heavy atom. The molecule has 0 aliphatic heterocycles. The Morgan fingerprint density at radius 2 is 1.92 bits per heavy atom. The van der Waals surface area contributed by atoms with Crippen molar-refractivity contribution in [1.82, 2.24) is 4.72 Å². The van der Waals surface area contributed by atoms with Crippen molar-refractivity contribution in [3.63, 3.8) is 0 Å². The van der Waals surface area contributed by atoms with Crippen molar-refractivity contribution in [1.29, 1.82) is 0 Å². The third-order valence-electron chi connectivity index (χ3n) is 2.45. The summed E-state index contributed by atoms with van der Waals surface area (Å²) < 4.78 is 94.0. The van der Waals surface area contributed by atoms with Gasteiger partial charge in [0.05, 0.1) is 9.92 Å². The summed E-state index contributed by atoms with van der Waals surface area (Å²) >= 11 is 5.65. The number of sulfonamides is 1. The Morgan fingerprint density at radius 1 is 1.25 bits per heavy atom.